The molecule has 1 aromatic rings. The summed E-state index contributed by atoms with van der Waals surface area (Å²) in [5.74, 6) is 1.54. The van der Waals surface area contributed by atoms with Crippen molar-refractivity contribution >= 4 is 28.4 Å². The van der Waals surface area contributed by atoms with Crippen LogP contribution in [0.15, 0.2) is 0 Å². The molecule has 0 aliphatic carbocycles. The van der Waals surface area contributed by atoms with Crippen LogP contribution < -0.4 is 5.32 Å². The van der Waals surface area contributed by atoms with E-state index in [2.05, 4.69) is 44.8 Å². The Hall–Kier alpha value is -0.470. The first-order valence-electron chi connectivity index (χ1n) is 5.95. The zero-order valence-electron chi connectivity index (χ0n) is 11.3. The van der Waals surface area contributed by atoms with Crippen molar-refractivity contribution in [3.8, 4) is 0 Å². The van der Waals surface area contributed by atoms with E-state index in [9.17, 15) is 0 Å². The van der Waals surface area contributed by atoms with Crippen molar-refractivity contribution in [2.24, 2.45) is 0 Å². The van der Waals surface area contributed by atoms with E-state index in [1.54, 1.807) is 14.2 Å². The van der Waals surface area contributed by atoms with Gasteiger partial charge in [-0.05, 0) is 35.9 Å². The predicted octanol–water partition coefficient (Wildman–Crippen LogP) is 2.76. The first-order chi connectivity index (χ1) is 8.63. The van der Waals surface area contributed by atoms with Gasteiger partial charge in [0.1, 0.15) is 11.9 Å². The van der Waals surface area contributed by atoms with Gasteiger partial charge < -0.3 is 14.8 Å². The van der Waals surface area contributed by atoms with Crippen LogP contribution in [-0.2, 0) is 16.1 Å². The normalized spacial score (nSPS) is 12.5. The van der Waals surface area contributed by atoms with E-state index in [0.717, 1.165) is 28.0 Å². The average Bonchev–Trinajstić information content (AvgIpc) is 2.39. The molecule has 1 atom stereocenters. The minimum Gasteiger partial charge on any atom is -0.378 e. The number of hydrogen-bond donors (Lipinski definition) is 1. The van der Waals surface area contributed by atoms with Gasteiger partial charge in [0.2, 0.25) is 0 Å². The number of ether oxygens (including phenoxy) is 2. The lowest BCUT2D eigenvalue weighted by Crippen LogP contribution is -2.13. The molecule has 5 nitrogen and oxygen atoms in total. The Morgan fingerprint density at radius 2 is 2.06 bits per heavy atom. The van der Waals surface area contributed by atoms with Gasteiger partial charge in [0.15, 0.2) is 5.82 Å². The van der Waals surface area contributed by atoms with Gasteiger partial charge in [-0.1, -0.05) is 6.92 Å². The van der Waals surface area contributed by atoms with Crippen molar-refractivity contribution in [3.05, 3.63) is 15.1 Å². The van der Waals surface area contributed by atoms with Crippen LogP contribution in [0.4, 0.5) is 5.82 Å². The van der Waals surface area contributed by atoms with Gasteiger partial charge in [-0.15, -0.1) is 0 Å². The van der Waals surface area contributed by atoms with Crippen molar-refractivity contribution < 1.29 is 9.47 Å². The third-order valence-corrected chi connectivity index (χ3v) is 3.61. The third-order valence-electron chi connectivity index (χ3n) is 2.48. The Morgan fingerprint density at radius 3 is 2.61 bits per heavy atom. The second-order valence-electron chi connectivity index (χ2n) is 3.93. The summed E-state index contributed by atoms with van der Waals surface area (Å²) in [5.41, 5.74) is 0.894. The van der Waals surface area contributed by atoms with Gasteiger partial charge in [-0.3, -0.25) is 0 Å². The average molecular weight is 365 g/mol. The fourth-order valence-corrected chi connectivity index (χ4v) is 1.98. The van der Waals surface area contributed by atoms with Gasteiger partial charge in [0, 0.05) is 20.8 Å². The molecule has 0 saturated heterocycles. The summed E-state index contributed by atoms with van der Waals surface area (Å²) in [5, 5.41) is 3.31. The van der Waals surface area contributed by atoms with Crippen molar-refractivity contribution in [1.82, 2.24) is 9.97 Å². The first kappa shape index (κ1) is 15.6. The van der Waals surface area contributed by atoms with Gasteiger partial charge in [-0.25, -0.2) is 9.97 Å². The summed E-state index contributed by atoms with van der Waals surface area (Å²) in [7, 11) is 3.32. The first-order valence-corrected chi connectivity index (χ1v) is 7.03. The highest BCUT2D eigenvalue weighted by Gasteiger charge is 2.15. The number of halogens is 1. The van der Waals surface area contributed by atoms with Gasteiger partial charge in [0.25, 0.3) is 0 Å². The van der Waals surface area contributed by atoms with Crippen LogP contribution in [0.5, 0.6) is 0 Å². The minimum absolute atomic E-state index is 0.125. The van der Waals surface area contributed by atoms with Crippen LogP contribution in [0.2, 0.25) is 0 Å². The van der Waals surface area contributed by atoms with Crippen LogP contribution in [-0.4, -0.2) is 30.7 Å². The topological polar surface area (TPSA) is 56.3 Å². The fraction of sp³-hybridized carbons (Fsp3) is 0.667. The van der Waals surface area contributed by atoms with Crippen molar-refractivity contribution in [2.75, 3.05) is 26.1 Å². The molecule has 0 aromatic carbocycles. The Bertz CT molecular complexity index is 388. The van der Waals surface area contributed by atoms with Gasteiger partial charge in [-0.2, -0.15) is 0 Å². The molecule has 1 aromatic heterocycles. The van der Waals surface area contributed by atoms with E-state index in [0.29, 0.717) is 12.4 Å². The lowest BCUT2D eigenvalue weighted by Gasteiger charge is -2.15. The fourth-order valence-electron chi connectivity index (χ4n) is 1.39. The molecule has 6 heteroatoms. The molecule has 0 spiro atoms. The predicted molar refractivity (Wildman–Crippen MR) is 79.7 cm³/mol. The molecule has 1 unspecified atom stereocenters. The van der Waals surface area contributed by atoms with Gasteiger partial charge >= 0.3 is 0 Å². The number of anilines is 1. The SMILES string of the molecule is CCCNc1nc(C(C)OC)nc(COC)c1I. The molecule has 0 radical (unpaired) electrons. The summed E-state index contributed by atoms with van der Waals surface area (Å²) in [6.07, 6.45) is 0.925. The van der Waals surface area contributed by atoms with E-state index >= 15 is 0 Å². The molecule has 1 rings (SSSR count). The molecule has 1 heterocycles. The van der Waals surface area contributed by atoms with Crippen molar-refractivity contribution in [2.45, 2.75) is 33.0 Å². The molecule has 0 bridgehead atoms. The molecule has 0 fully saturated rings. The van der Waals surface area contributed by atoms with Crippen LogP contribution >= 0.6 is 22.6 Å². The molecule has 1 N–H and O–H groups in total. The Labute approximate surface area is 122 Å². The maximum atomic E-state index is 5.27. The molecule has 18 heavy (non-hydrogen) atoms. The molecule has 0 amide bonds. The van der Waals surface area contributed by atoms with Crippen LogP contribution in [0.1, 0.15) is 37.9 Å². The molecular weight excluding hydrogens is 345 g/mol. The number of methoxy groups -OCH3 is 2. The van der Waals surface area contributed by atoms with E-state index in [4.69, 9.17) is 9.47 Å². The van der Waals surface area contributed by atoms with E-state index < -0.39 is 0 Å². The largest absolute Gasteiger partial charge is 0.378 e. The summed E-state index contributed by atoms with van der Waals surface area (Å²) in [4.78, 5) is 9.01. The second kappa shape index (κ2) is 7.85. The molecule has 0 saturated carbocycles. The maximum Gasteiger partial charge on any atom is 0.159 e. The molecule has 102 valence electrons. The zero-order valence-corrected chi connectivity index (χ0v) is 13.4. The number of nitrogens with zero attached hydrogens (tertiary/aromatic N) is 2. The molecular formula is C12H20IN3O2. The summed E-state index contributed by atoms with van der Waals surface area (Å²) < 4.78 is 11.5. The zero-order chi connectivity index (χ0) is 13.5. The minimum atomic E-state index is -0.125. The van der Waals surface area contributed by atoms with Crippen LogP contribution in [0.3, 0.4) is 0 Å². The highest BCUT2D eigenvalue weighted by molar-refractivity contribution is 14.1. The molecule has 0 aliphatic rings. The quantitative estimate of drug-likeness (QED) is 0.753. The number of nitrogens with one attached hydrogen (secondary N) is 1. The Kier molecular flexibility index (Phi) is 6.80. The smallest absolute Gasteiger partial charge is 0.159 e. The third kappa shape index (κ3) is 4.03. The second-order valence-corrected chi connectivity index (χ2v) is 5.01. The monoisotopic (exact) mass is 365 g/mol. The van der Waals surface area contributed by atoms with Gasteiger partial charge in [0.05, 0.1) is 15.9 Å². The summed E-state index contributed by atoms with van der Waals surface area (Å²) in [6, 6.07) is 0. The number of aromatic nitrogens is 2. The maximum absolute atomic E-state index is 5.27. The highest BCUT2D eigenvalue weighted by Crippen LogP contribution is 2.23. The van der Waals surface area contributed by atoms with E-state index in [1.807, 2.05) is 6.92 Å². The Balaban J connectivity index is 3.09. The lowest BCUT2D eigenvalue weighted by atomic mass is 10.3. The molecule has 0 aliphatic heterocycles. The highest BCUT2D eigenvalue weighted by atomic mass is 127. The standard InChI is InChI=1S/C12H20IN3O2/c1-5-6-14-12-10(13)9(7-17-3)15-11(16-12)8(2)18-4/h8H,5-7H2,1-4H3,(H,14,15,16). The van der Waals surface area contributed by atoms with E-state index in [-0.39, 0.29) is 6.10 Å². The Morgan fingerprint density at radius 1 is 1.33 bits per heavy atom. The van der Waals surface area contributed by atoms with Crippen LogP contribution in [0.25, 0.3) is 0 Å². The number of rotatable bonds is 7. The summed E-state index contributed by atoms with van der Waals surface area (Å²) in [6.45, 7) is 5.42. The van der Waals surface area contributed by atoms with E-state index in [1.165, 1.54) is 0 Å². The van der Waals surface area contributed by atoms with Crippen LogP contribution in [0, 0.1) is 3.57 Å². The van der Waals surface area contributed by atoms with Crippen molar-refractivity contribution in [1.29, 1.82) is 0 Å². The lowest BCUT2D eigenvalue weighted by molar-refractivity contribution is 0.111. The number of hydrogen-bond acceptors (Lipinski definition) is 5. The summed E-state index contributed by atoms with van der Waals surface area (Å²) >= 11 is 2.25. The van der Waals surface area contributed by atoms with Crippen molar-refractivity contribution in [3.63, 3.8) is 0 Å².